The van der Waals surface area contributed by atoms with Crippen molar-refractivity contribution in [3.8, 4) is 11.5 Å². The molecule has 0 heterocycles. The molecule has 2 N–H and O–H groups in total. The summed E-state index contributed by atoms with van der Waals surface area (Å²) in [5.74, 6) is 0.593. The van der Waals surface area contributed by atoms with Gasteiger partial charge in [-0.2, -0.15) is 0 Å². The number of amides is 1. The lowest BCUT2D eigenvalue weighted by Gasteiger charge is -2.11. The van der Waals surface area contributed by atoms with Crippen LogP contribution in [-0.2, 0) is 10.0 Å². The smallest absolute Gasteiger partial charge is 0.255 e. The van der Waals surface area contributed by atoms with Crippen LogP contribution in [-0.4, -0.2) is 35.1 Å². The van der Waals surface area contributed by atoms with E-state index in [1.165, 1.54) is 32.4 Å². The largest absolute Gasteiger partial charge is 0.493 e. The van der Waals surface area contributed by atoms with Crippen LogP contribution in [0.3, 0.4) is 0 Å². The van der Waals surface area contributed by atoms with Crippen molar-refractivity contribution in [2.75, 3.05) is 26.1 Å². The molecule has 0 aliphatic heterocycles. The number of methoxy groups -OCH3 is 2. The van der Waals surface area contributed by atoms with Gasteiger partial charge in [-0.25, -0.2) is 13.1 Å². The van der Waals surface area contributed by atoms with E-state index in [-0.39, 0.29) is 10.5 Å². The van der Waals surface area contributed by atoms with E-state index in [1.807, 2.05) is 6.92 Å². The Labute approximate surface area is 153 Å². The average molecular weight is 378 g/mol. The topological polar surface area (TPSA) is 93.7 Å². The maximum Gasteiger partial charge on any atom is 0.255 e. The van der Waals surface area contributed by atoms with Crippen LogP contribution < -0.4 is 19.5 Å². The summed E-state index contributed by atoms with van der Waals surface area (Å²) in [6.45, 7) is 2.21. The van der Waals surface area contributed by atoms with Gasteiger partial charge in [-0.3, -0.25) is 4.79 Å². The van der Waals surface area contributed by atoms with Gasteiger partial charge in [0.2, 0.25) is 10.0 Å². The average Bonchev–Trinajstić information content (AvgIpc) is 2.66. The Morgan fingerprint density at radius 1 is 1.04 bits per heavy atom. The number of sulfonamides is 1. The fraction of sp³-hybridized carbons (Fsp3) is 0.278. The Bertz CT molecular complexity index is 881. The Morgan fingerprint density at radius 3 is 2.42 bits per heavy atom. The molecule has 8 heteroatoms. The minimum absolute atomic E-state index is 0.0471. The van der Waals surface area contributed by atoms with Gasteiger partial charge in [0.1, 0.15) is 0 Å². The monoisotopic (exact) mass is 378 g/mol. The molecule has 0 atom stereocenters. The van der Waals surface area contributed by atoms with Gasteiger partial charge < -0.3 is 14.8 Å². The third-order valence-electron chi connectivity index (χ3n) is 3.59. The Balaban J connectivity index is 2.22. The summed E-state index contributed by atoms with van der Waals surface area (Å²) in [6, 6.07) is 10.8. The summed E-state index contributed by atoms with van der Waals surface area (Å²) in [6.07, 6.45) is 0.679. The van der Waals surface area contributed by atoms with Crippen LogP contribution in [0.2, 0.25) is 0 Å². The van der Waals surface area contributed by atoms with Crippen molar-refractivity contribution in [2.45, 2.75) is 18.2 Å². The second-order valence-corrected chi connectivity index (χ2v) is 7.22. The highest BCUT2D eigenvalue weighted by atomic mass is 32.2. The van der Waals surface area contributed by atoms with Crippen LogP contribution in [0.5, 0.6) is 11.5 Å². The van der Waals surface area contributed by atoms with E-state index in [0.29, 0.717) is 30.2 Å². The molecule has 1 amide bonds. The number of nitrogens with one attached hydrogen (secondary N) is 2. The van der Waals surface area contributed by atoms with Crippen LogP contribution >= 0.6 is 0 Å². The number of ether oxygens (including phenoxy) is 2. The molecule has 140 valence electrons. The first-order valence-electron chi connectivity index (χ1n) is 8.04. The molecule has 0 spiro atoms. The molecule has 26 heavy (non-hydrogen) atoms. The summed E-state index contributed by atoms with van der Waals surface area (Å²) in [4.78, 5) is 12.5. The minimum Gasteiger partial charge on any atom is -0.493 e. The standard InChI is InChI=1S/C18H22N2O5S/c1-4-10-19-26(22,23)15-7-5-6-13(11-15)18(21)20-14-8-9-16(24-2)17(12-14)25-3/h5-9,11-12,19H,4,10H2,1-3H3,(H,20,21). The van der Waals surface area contributed by atoms with Crippen LogP contribution in [0.1, 0.15) is 23.7 Å². The second-order valence-electron chi connectivity index (χ2n) is 5.45. The number of carbonyl (C=O) groups is 1. The number of anilines is 1. The maximum atomic E-state index is 12.5. The first-order valence-corrected chi connectivity index (χ1v) is 9.52. The van der Waals surface area contributed by atoms with Crippen LogP contribution in [0.4, 0.5) is 5.69 Å². The highest BCUT2D eigenvalue weighted by Crippen LogP contribution is 2.30. The van der Waals surface area contributed by atoms with Crippen molar-refractivity contribution in [3.63, 3.8) is 0 Å². The molecule has 0 saturated heterocycles. The summed E-state index contributed by atoms with van der Waals surface area (Å²) < 4.78 is 37.2. The van der Waals surface area contributed by atoms with Gasteiger partial charge in [-0.15, -0.1) is 0 Å². The molecule has 0 unspecified atom stereocenters. The third kappa shape index (κ3) is 4.74. The minimum atomic E-state index is -3.64. The summed E-state index contributed by atoms with van der Waals surface area (Å²) in [7, 11) is -0.614. The lowest BCUT2D eigenvalue weighted by molar-refractivity contribution is 0.102. The Morgan fingerprint density at radius 2 is 1.77 bits per heavy atom. The molecule has 2 rings (SSSR count). The Kier molecular flexibility index (Phi) is 6.59. The van der Waals surface area contributed by atoms with Gasteiger partial charge in [-0.05, 0) is 36.8 Å². The number of benzene rings is 2. The summed E-state index contributed by atoms with van der Waals surface area (Å²) in [5.41, 5.74) is 0.740. The number of carbonyl (C=O) groups excluding carboxylic acids is 1. The molecule has 7 nitrogen and oxygen atoms in total. The van der Waals surface area contributed by atoms with E-state index in [4.69, 9.17) is 9.47 Å². The van der Waals surface area contributed by atoms with Crippen molar-refractivity contribution in [1.29, 1.82) is 0 Å². The third-order valence-corrected chi connectivity index (χ3v) is 5.05. The van der Waals surface area contributed by atoms with Crippen molar-refractivity contribution in [2.24, 2.45) is 0 Å². The number of hydrogen-bond donors (Lipinski definition) is 2. The van der Waals surface area contributed by atoms with Crippen LogP contribution in [0.15, 0.2) is 47.4 Å². The number of hydrogen-bond acceptors (Lipinski definition) is 5. The van der Waals surface area contributed by atoms with E-state index in [2.05, 4.69) is 10.0 Å². The van der Waals surface area contributed by atoms with Crippen molar-refractivity contribution < 1.29 is 22.7 Å². The van der Waals surface area contributed by atoms with Crippen molar-refractivity contribution in [1.82, 2.24) is 4.72 Å². The quantitative estimate of drug-likeness (QED) is 0.736. The summed E-state index contributed by atoms with van der Waals surface area (Å²) >= 11 is 0. The molecule has 0 aliphatic carbocycles. The normalized spacial score (nSPS) is 11.0. The molecule has 2 aromatic rings. The molecular formula is C18H22N2O5S. The summed E-state index contributed by atoms with van der Waals surface area (Å²) in [5, 5.41) is 2.72. The molecule has 0 radical (unpaired) electrons. The zero-order chi connectivity index (χ0) is 19.2. The molecule has 0 bridgehead atoms. The zero-order valence-corrected chi connectivity index (χ0v) is 15.7. The van der Waals surface area contributed by atoms with E-state index in [0.717, 1.165) is 0 Å². The van der Waals surface area contributed by atoms with E-state index < -0.39 is 15.9 Å². The molecule has 0 aliphatic rings. The van der Waals surface area contributed by atoms with Crippen LogP contribution in [0.25, 0.3) is 0 Å². The first kappa shape index (κ1) is 19.7. The first-order chi connectivity index (χ1) is 12.4. The van der Waals surface area contributed by atoms with E-state index in [1.54, 1.807) is 24.3 Å². The highest BCUT2D eigenvalue weighted by molar-refractivity contribution is 7.89. The van der Waals surface area contributed by atoms with E-state index >= 15 is 0 Å². The van der Waals surface area contributed by atoms with Gasteiger partial charge in [0, 0.05) is 23.9 Å². The predicted octanol–water partition coefficient (Wildman–Crippen LogP) is 2.64. The Hall–Kier alpha value is -2.58. The van der Waals surface area contributed by atoms with Gasteiger partial charge >= 0.3 is 0 Å². The lowest BCUT2D eigenvalue weighted by Crippen LogP contribution is -2.24. The van der Waals surface area contributed by atoms with Gasteiger partial charge in [-0.1, -0.05) is 13.0 Å². The van der Waals surface area contributed by atoms with Gasteiger partial charge in [0.25, 0.3) is 5.91 Å². The fourth-order valence-electron chi connectivity index (χ4n) is 2.24. The second kappa shape index (κ2) is 8.68. The lowest BCUT2D eigenvalue weighted by atomic mass is 10.2. The molecule has 0 saturated carbocycles. The maximum absolute atomic E-state index is 12.5. The zero-order valence-electron chi connectivity index (χ0n) is 14.9. The molecular weight excluding hydrogens is 356 g/mol. The number of rotatable bonds is 8. The highest BCUT2D eigenvalue weighted by Gasteiger charge is 2.16. The molecule has 0 aromatic heterocycles. The van der Waals surface area contributed by atoms with Gasteiger partial charge in [0.15, 0.2) is 11.5 Å². The predicted molar refractivity (Wildman–Crippen MR) is 99.4 cm³/mol. The van der Waals surface area contributed by atoms with Crippen LogP contribution in [0, 0.1) is 0 Å². The van der Waals surface area contributed by atoms with Crippen molar-refractivity contribution in [3.05, 3.63) is 48.0 Å². The fourth-order valence-corrected chi connectivity index (χ4v) is 3.42. The van der Waals surface area contributed by atoms with Crippen molar-refractivity contribution >= 4 is 21.6 Å². The van der Waals surface area contributed by atoms with Gasteiger partial charge in [0.05, 0.1) is 19.1 Å². The molecule has 0 fully saturated rings. The molecule has 2 aromatic carbocycles. The SMILES string of the molecule is CCCNS(=O)(=O)c1cccc(C(=O)Nc2ccc(OC)c(OC)c2)c1. The van der Waals surface area contributed by atoms with E-state index in [9.17, 15) is 13.2 Å².